The van der Waals surface area contributed by atoms with Gasteiger partial charge in [-0.1, -0.05) is 30.3 Å². The van der Waals surface area contributed by atoms with E-state index < -0.39 is 17.9 Å². The van der Waals surface area contributed by atoms with E-state index in [1.165, 1.54) is 13.0 Å². The van der Waals surface area contributed by atoms with Gasteiger partial charge in [0.2, 0.25) is 6.29 Å². The molecule has 2 amide bonds. The molecule has 0 bridgehead atoms. The van der Waals surface area contributed by atoms with Crippen LogP contribution in [0.25, 0.3) is 6.08 Å². The highest BCUT2D eigenvalue weighted by molar-refractivity contribution is 5.94. The fourth-order valence-corrected chi connectivity index (χ4v) is 1.29. The first-order valence-electron chi connectivity index (χ1n) is 6.00. The molecule has 1 atom stereocenters. The van der Waals surface area contributed by atoms with Crippen molar-refractivity contribution in [3.8, 4) is 0 Å². The molecule has 1 unspecified atom stereocenters. The number of hydrogen-bond acceptors (Lipinski definition) is 4. The average molecular weight is 274 g/mol. The first kappa shape index (κ1) is 15.6. The van der Waals surface area contributed by atoms with E-state index in [1.54, 1.807) is 12.4 Å². The average Bonchev–Trinajstić information content (AvgIpc) is 2.45. The Morgan fingerprint density at radius 2 is 2.05 bits per heavy atom. The second kappa shape index (κ2) is 7.85. The molecule has 1 rings (SSSR count). The molecule has 0 saturated carbocycles. The maximum Gasteiger partial charge on any atom is 0.265 e. The van der Waals surface area contributed by atoms with Crippen LogP contribution in [0.3, 0.4) is 0 Å². The van der Waals surface area contributed by atoms with Crippen molar-refractivity contribution < 1.29 is 14.4 Å². The summed E-state index contributed by atoms with van der Waals surface area (Å²) in [5.74, 6) is -1.09. The Morgan fingerprint density at radius 1 is 1.40 bits per heavy atom. The standard InChI is InChI=1S/C14H16N3O3/c1-11(15)14(20)16-17(9-10-18)13(19)8-7-12-5-3-2-4-6-12/h2-8,11H,9,15H2,1H3,(H,16,20)/b8-7+. The van der Waals surface area contributed by atoms with Crippen LogP contribution in [0.15, 0.2) is 36.4 Å². The first-order chi connectivity index (χ1) is 9.54. The molecule has 0 aliphatic heterocycles. The molecule has 0 aliphatic rings. The molecular weight excluding hydrogens is 258 g/mol. The highest BCUT2D eigenvalue weighted by Gasteiger charge is 2.16. The Kier molecular flexibility index (Phi) is 6.12. The van der Waals surface area contributed by atoms with Crippen LogP contribution in [0, 0.1) is 0 Å². The summed E-state index contributed by atoms with van der Waals surface area (Å²) in [6.07, 6.45) is 4.40. The molecule has 0 saturated heterocycles. The van der Waals surface area contributed by atoms with Crippen LogP contribution in [0.5, 0.6) is 0 Å². The number of carbonyl (C=O) groups excluding carboxylic acids is 3. The van der Waals surface area contributed by atoms with E-state index in [4.69, 9.17) is 5.73 Å². The number of nitrogens with two attached hydrogens (primary N) is 1. The van der Waals surface area contributed by atoms with Crippen molar-refractivity contribution in [2.24, 2.45) is 5.73 Å². The lowest BCUT2D eigenvalue weighted by Gasteiger charge is -2.20. The number of carbonyl (C=O) groups is 2. The number of hydrogen-bond donors (Lipinski definition) is 2. The Bertz CT molecular complexity index is 498. The zero-order valence-electron chi connectivity index (χ0n) is 11.1. The summed E-state index contributed by atoms with van der Waals surface area (Å²) in [5.41, 5.74) is 8.47. The predicted octanol–water partition coefficient (Wildman–Crippen LogP) is 0.0165. The van der Waals surface area contributed by atoms with Crippen LogP contribution in [0.4, 0.5) is 0 Å². The molecule has 1 radical (unpaired) electrons. The molecule has 0 aromatic heterocycles. The largest absolute Gasteiger partial charge is 0.320 e. The van der Waals surface area contributed by atoms with E-state index in [-0.39, 0.29) is 6.54 Å². The molecule has 20 heavy (non-hydrogen) atoms. The maximum atomic E-state index is 11.9. The van der Waals surface area contributed by atoms with E-state index >= 15 is 0 Å². The quantitative estimate of drug-likeness (QED) is 0.584. The van der Waals surface area contributed by atoms with Crippen LogP contribution >= 0.6 is 0 Å². The van der Waals surface area contributed by atoms with Gasteiger partial charge in [-0.15, -0.1) is 0 Å². The van der Waals surface area contributed by atoms with Gasteiger partial charge in [0.1, 0.15) is 6.54 Å². The summed E-state index contributed by atoms with van der Waals surface area (Å²) < 4.78 is 0. The molecule has 105 valence electrons. The Labute approximate surface area is 117 Å². The molecule has 1 aromatic rings. The van der Waals surface area contributed by atoms with Gasteiger partial charge in [0.25, 0.3) is 11.8 Å². The second-order valence-corrected chi connectivity index (χ2v) is 4.08. The van der Waals surface area contributed by atoms with Gasteiger partial charge < -0.3 is 5.73 Å². The van der Waals surface area contributed by atoms with Crippen LogP contribution < -0.4 is 11.2 Å². The molecular formula is C14H16N3O3. The number of rotatable bonds is 5. The number of benzene rings is 1. The van der Waals surface area contributed by atoms with Gasteiger partial charge >= 0.3 is 0 Å². The molecule has 6 nitrogen and oxygen atoms in total. The topological polar surface area (TPSA) is 92.5 Å². The highest BCUT2D eigenvalue weighted by Crippen LogP contribution is 2.01. The highest BCUT2D eigenvalue weighted by atomic mass is 16.2. The van der Waals surface area contributed by atoms with E-state index in [1.807, 2.05) is 30.3 Å². The molecule has 0 aliphatic carbocycles. The Balaban J connectivity index is 2.71. The van der Waals surface area contributed by atoms with Crippen LogP contribution in [-0.4, -0.2) is 35.7 Å². The molecule has 6 heteroatoms. The van der Waals surface area contributed by atoms with E-state index in [9.17, 15) is 14.4 Å². The van der Waals surface area contributed by atoms with Gasteiger partial charge in [-0.3, -0.25) is 19.8 Å². The van der Waals surface area contributed by atoms with Crippen molar-refractivity contribution >= 4 is 24.2 Å². The summed E-state index contributed by atoms with van der Waals surface area (Å²) in [6, 6.07) is 8.38. The summed E-state index contributed by atoms with van der Waals surface area (Å²) >= 11 is 0. The van der Waals surface area contributed by atoms with Crippen molar-refractivity contribution in [2.45, 2.75) is 13.0 Å². The predicted molar refractivity (Wildman–Crippen MR) is 74.7 cm³/mol. The molecule has 0 heterocycles. The lowest BCUT2D eigenvalue weighted by Crippen LogP contribution is -2.51. The molecule has 0 spiro atoms. The van der Waals surface area contributed by atoms with Crippen molar-refractivity contribution in [1.82, 2.24) is 10.4 Å². The fraction of sp³-hybridized carbons (Fsp3) is 0.214. The van der Waals surface area contributed by atoms with Gasteiger partial charge in [-0.05, 0) is 18.6 Å². The molecule has 0 fully saturated rings. The minimum absolute atomic E-state index is 0.365. The summed E-state index contributed by atoms with van der Waals surface area (Å²) in [7, 11) is 0. The lowest BCUT2D eigenvalue weighted by atomic mass is 10.2. The number of hydrazine groups is 1. The number of nitrogens with one attached hydrogen (secondary N) is 1. The third-order valence-corrected chi connectivity index (χ3v) is 2.37. The Hall–Kier alpha value is -2.47. The maximum absolute atomic E-state index is 11.9. The van der Waals surface area contributed by atoms with E-state index in [2.05, 4.69) is 5.43 Å². The van der Waals surface area contributed by atoms with Gasteiger partial charge in [0.15, 0.2) is 0 Å². The normalized spacial score (nSPS) is 11.9. The van der Waals surface area contributed by atoms with E-state index in [0.717, 1.165) is 10.6 Å². The van der Waals surface area contributed by atoms with Gasteiger partial charge in [-0.2, -0.15) is 0 Å². The smallest absolute Gasteiger partial charge is 0.265 e. The van der Waals surface area contributed by atoms with Gasteiger partial charge in [0.05, 0.1) is 6.04 Å². The summed E-state index contributed by atoms with van der Waals surface area (Å²) in [6.45, 7) is 1.11. The molecule has 3 N–H and O–H groups in total. The van der Waals surface area contributed by atoms with Gasteiger partial charge in [0, 0.05) is 6.08 Å². The van der Waals surface area contributed by atoms with Crippen LogP contribution in [0.2, 0.25) is 0 Å². The lowest BCUT2D eigenvalue weighted by molar-refractivity contribution is -0.137. The van der Waals surface area contributed by atoms with Crippen molar-refractivity contribution in [1.29, 1.82) is 0 Å². The third-order valence-electron chi connectivity index (χ3n) is 2.37. The summed E-state index contributed by atoms with van der Waals surface area (Å²) in [4.78, 5) is 33.7. The monoisotopic (exact) mass is 274 g/mol. The zero-order chi connectivity index (χ0) is 15.0. The molecule has 1 aromatic carbocycles. The Morgan fingerprint density at radius 3 is 2.60 bits per heavy atom. The minimum atomic E-state index is -0.782. The SMILES string of the molecule is CC(N)C(=O)NN(C[C]=O)C(=O)/C=C/c1ccccc1. The van der Waals surface area contributed by atoms with Gasteiger partial charge in [-0.25, -0.2) is 5.01 Å². The van der Waals surface area contributed by atoms with E-state index in [0.29, 0.717) is 0 Å². The third kappa shape index (κ3) is 5.03. The van der Waals surface area contributed by atoms with Crippen molar-refractivity contribution in [3.05, 3.63) is 42.0 Å². The zero-order valence-corrected chi connectivity index (χ0v) is 11.1. The first-order valence-corrected chi connectivity index (χ1v) is 6.00. The summed E-state index contributed by atoms with van der Waals surface area (Å²) in [5, 5.41) is 0.859. The van der Waals surface area contributed by atoms with Crippen LogP contribution in [0.1, 0.15) is 12.5 Å². The minimum Gasteiger partial charge on any atom is -0.320 e. The fourth-order valence-electron chi connectivity index (χ4n) is 1.29. The number of nitrogens with zero attached hydrogens (tertiary/aromatic N) is 1. The number of amides is 2. The van der Waals surface area contributed by atoms with Crippen molar-refractivity contribution in [3.63, 3.8) is 0 Å². The second-order valence-electron chi connectivity index (χ2n) is 4.08. The van der Waals surface area contributed by atoms with Crippen molar-refractivity contribution in [2.75, 3.05) is 6.54 Å². The van der Waals surface area contributed by atoms with Crippen LogP contribution in [-0.2, 0) is 14.4 Å².